The van der Waals surface area contributed by atoms with Crippen molar-refractivity contribution in [3.05, 3.63) is 78.0 Å². The Morgan fingerprint density at radius 2 is 1.60 bits per heavy atom. The Kier molecular flexibility index (Phi) is 13.7. The second-order valence-electron chi connectivity index (χ2n) is 18.9. The topological polar surface area (TPSA) is 175 Å². The summed E-state index contributed by atoms with van der Waals surface area (Å²) in [7, 11) is -4.08. The molecule has 0 spiro atoms. The van der Waals surface area contributed by atoms with Gasteiger partial charge in [-0.05, 0) is 138 Å². The number of anilines is 3. The second-order valence-corrected chi connectivity index (χ2v) is 20.6. The standard InChI is InChI=1S/C46H57F4N9O5S/c1-45(2,62)28-59-27-33(24-52-59)42-38(46(48,49)50)25-51-44(55-42)53-40-12-10-36(23-39(40)47)65(63,64)56-34-8-6-29(7-9-34)26-57-18-14-30(15-19-57)31-16-20-58(21-17-31)35-5-3-4-32(22-35)37-11-13-41(60)54-43(37)61/h3-5,10,12,22-25,27,29-31,34,37,56,62H,6-9,11,13-21,26,28H2,1-2H3,(H,51,53,55)(H,54,60,61). The van der Waals surface area contributed by atoms with Crippen LogP contribution in [0.4, 0.5) is 34.9 Å². The lowest BCUT2D eigenvalue weighted by Gasteiger charge is -2.42. The van der Waals surface area contributed by atoms with Crippen molar-refractivity contribution in [3.63, 3.8) is 0 Å². The molecule has 5 heterocycles. The van der Waals surface area contributed by atoms with Gasteiger partial charge in [0.05, 0.1) is 40.5 Å². The van der Waals surface area contributed by atoms with Gasteiger partial charge in [-0.3, -0.25) is 19.6 Å². The lowest BCUT2D eigenvalue weighted by Crippen LogP contribution is -2.43. The molecule has 4 N–H and O–H groups in total. The molecule has 350 valence electrons. The second kappa shape index (κ2) is 19.1. The number of carbonyl (C=O) groups excluding carboxylic acids is 2. The van der Waals surface area contributed by atoms with Crippen LogP contribution >= 0.6 is 0 Å². The molecule has 2 aromatic carbocycles. The number of carbonyl (C=O) groups is 2. The van der Waals surface area contributed by atoms with Gasteiger partial charge >= 0.3 is 6.18 Å². The first-order valence-electron chi connectivity index (χ1n) is 22.6. The van der Waals surface area contributed by atoms with Gasteiger partial charge in [-0.2, -0.15) is 18.3 Å². The zero-order valence-corrected chi connectivity index (χ0v) is 37.5. The van der Waals surface area contributed by atoms with Crippen molar-refractivity contribution < 1.29 is 40.7 Å². The van der Waals surface area contributed by atoms with Gasteiger partial charge in [-0.1, -0.05) is 12.1 Å². The lowest BCUT2D eigenvalue weighted by atomic mass is 9.78. The van der Waals surface area contributed by atoms with Crippen molar-refractivity contribution >= 4 is 39.2 Å². The molecule has 3 saturated heterocycles. The van der Waals surface area contributed by atoms with Gasteiger partial charge < -0.3 is 20.2 Å². The number of alkyl halides is 3. The Balaban J connectivity index is 0.781. The molecule has 19 heteroatoms. The van der Waals surface area contributed by atoms with Crippen LogP contribution in [0.1, 0.15) is 95.1 Å². The number of benzene rings is 2. The van der Waals surface area contributed by atoms with Crippen molar-refractivity contribution in [2.75, 3.05) is 42.9 Å². The number of hydrogen-bond donors (Lipinski definition) is 4. The zero-order chi connectivity index (χ0) is 46.1. The van der Waals surface area contributed by atoms with Crippen LogP contribution in [0.2, 0.25) is 0 Å². The predicted molar refractivity (Wildman–Crippen MR) is 236 cm³/mol. The molecule has 0 bridgehead atoms. The van der Waals surface area contributed by atoms with Crippen molar-refractivity contribution in [2.24, 2.45) is 17.8 Å². The smallest absolute Gasteiger partial charge is 0.389 e. The fraction of sp³-hybridized carbons (Fsp3) is 0.543. The molecule has 14 nitrogen and oxygen atoms in total. The van der Waals surface area contributed by atoms with Crippen LogP contribution in [0.5, 0.6) is 0 Å². The number of amides is 2. The van der Waals surface area contributed by atoms with Gasteiger partial charge in [0.1, 0.15) is 11.4 Å². The Bertz CT molecular complexity index is 2450. The van der Waals surface area contributed by atoms with E-state index in [0.717, 1.165) is 75.7 Å². The number of nitrogens with one attached hydrogen (secondary N) is 3. The van der Waals surface area contributed by atoms with Gasteiger partial charge in [0, 0.05) is 55.7 Å². The number of rotatable bonds is 13. The molecule has 1 saturated carbocycles. The highest BCUT2D eigenvalue weighted by Gasteiger charge is 2.37. The average Bonchev–Trinajstić information content (AvgIpc) is 3.72. The maximum atomic E-state index is 15.4. The van der Waals surface area contributed by atoms with E-state index in [0.29, 0.717) is 49.6 Å². The molecule has 1 unspecified atom stereocenters. The number of aliphatic hydroxyl groups is 1. The molecule has 0 radical (unpaired) electrons. The van der Waals surface area contributed by atoms with Gasteiger partial charge in [0.2, 0.25) is 27.8 Å². The summed E-state index contributed by atoms with van der Waals surface area (Å²) in [5.41, 5.74) is -0.928. The molecule has 1 aliphatic carbocycles. The van der Waals surface area contributed by atoms with Gasteiger partial charge in [-0.25, -0.2) is 27.5 Å². The summed E-state index contributed by atoms with van der Waals surface area (Å²) in [6.45, 7) is 8.15. The highest BCUT2D eigenvalue weighted by Crippen LogP contribution is 2.38. The number of aromatic nitrogens is 4. The van der Waals surface area contributed by atoms with Crippen molar-refractivity contribution in [2.45, 2.75) is 113 Å². The third-order valence-electron chi connectivity index (χ3n) is 13.4. The maximum absolute atomic E-state index is 15.4. The molecule has 4 aromatic rings. The third-order valence-corrected chi connectivity index (χ3v) is 15.0. The number of imide groups is 1. The summed E-state index contributed by atoms with van der Waals surface area (Å²) >= 11 is 0. The monoisotopic (exact) mass is 923 g/mol. The van der Waals surface area contributed by atoms with Crippen molar-refractivity contribution in [1.29, 1.82) is 0 Å². The Morgan fingerprint density at radius 3 is 2.26 bits per heavy atom. The number of nitrogens with zero attached hydrogens (tertiary/aromatic N) is 6. The Hall–Kier alpha value is -4.98. The van der Waals surface area contributed by atoms with E-state index >= 15 is 4.39 Å². The van der Waals surface area contributed by atoms with Crippen molar-refractivity contribution in [1.82, 2.24) is 34.7 Å². The molecule has 8 rings (SSSR count). The van der Waals surface area contributed by atoms with E-state index in [2.05, 4.69) is 52.4 Å². The summed E-state index contributed by atoms with van der Waals surface area (Å²) in [5, 5.41) is 19.2. The van der Waals surface area contributed by atoms with Crippen molar-refractivity contribution in [3.8, 4) is 11.3 Å². The van der Waals surface area contributed by atoms with Crippen LogP contribution < -0.4 is 20.3 Å². The quantitative estimate of drug-likeness (QED) is 0.0804. The summed E-state index contributed by atoms with van der Waals surface area (Å²) in [4.78, 5) is 36.6. The molecule has 3 aliphatic heterocycles. The normalized spacial score (nSPS) is 22.3. The zero-order valence-electron chi connectivity index (χ0n) is 36.7. The fourth-order valence-electron chi connectivity index (χ4n) is 10.0. The maximum Gasteiger partial charge on any atom is 0.419 e. The van der Waals surface area contributed by atoms with Gasteiger partial charge in [0.25, 0.3) is 0 Å². The first kappa shape index (κ1) is 46.5. The molecule has 2 aromatic heterocycles. The van der Waals surface area contributed by atoms with Gasteiger partial charge in [-0.15, -0.1) is 0 Å². The third kappa shape index (κ3) is 11.5. The summed E-state index contributed by atoms with van der Waals surface area (Å²) < 4.78 is 88.1. The summed E-state index contributed by atoms with van der Waals surface area (Å²) in [6, 6.07) is 11.2. The summed E-state index contributed by atoms with van der Waals surface area (Å²) in [6.07, 6.45) is 6.89. The van der Waals surface area contributed by atoms with E-state index < -0.39 is 38.9 Å². The van der Waals surface area contributed by atoms with E-state index in [1.807, 2.05) is 12.1 Å². The molecule has 1 atom stereocenters. The Labute approximate surface area is 376 Å². The molecular weight excluding hydrogens is 867 g/mol. The predicted octanol–water partition coefficient (Wildman–Crippen LogP) is 7.00. The average molecular weight is 924 g/mol. The highest BCUT2D eigenvalue weighted by atomic mass is 32.2. The Morgan fingerprint density at radius 1 is 0.892 bits per heavy atom. The van der Waals surface area contributed by atoms with E-state index in [4.69, 9.17) is 0 Å². The van der Waals surface area contributed by atoms with Crippen LogP contribution in [0.25, 0.3) is 11.3 Å². The van der Waals surface area contributed by atoms with Crippen LogP contribution in [-0.2, 0) is 32.3 Å². The minimum absolute atomic E-state index is 0.00781. The van der Waals surface area contributed by atoms with Gasteiger partial charge in [0.15, 0.2) is 0 Å². The fourth-order valence-corrected chi connectivity index (χ4v) is 11.3. The lowest BCUT2D eigenvalue weighted by molar-refractivity contribution is -0.137. The highest BCUT2D eigenvalue weighted by molar-refractivity contribution is 7.89. The van der Waals surface area contributed by atoms with Crippen LogP contribution in [-0.4, -0.2) is 94.4 Å². The SMILES string of the molecule is CC(C)(O)Cn1cc(-c2nc(Nc3ccc(S(=O)(=O)NC4CCC(CN5CCC(C6CCN(c7cccc(C8CCC(=O)NC8=O)c7)CC6)CC5)CC4)cc3F)ncc2C(F)(F)F)cn1. The number of hydrogen-bond acceptors (Lipinski definition) is 11. The molecule has 65 heavy (non-hydrogen) atoms. The van der Waals surface area contributed by atoms with E-state index in [1.54, 1.807) is 0 Å². The van der Waals surface area contributed by atoms with E-state index in [9.17, 15) is 36.3 Å². The number of halogens is 4. The first-order chi connectivity index (χ1) is 30.9. The number of likely N-dealkylation sites (tertiary alicyclic amines) is 1. The van der Waals surface area contributed by atoms with E-state index in [1.165, 1.54) is 55.9 Å². The molecule has 4 aliphatic rings. The van der Waals surface area contributed by atoms with Crippen LogP contribution in [0, 0.1) is 23.6 Å². The molecule has 2 amide bonds. The first-order valence-corrected chi connectivity index (χ1v) is 24.0. The minimum Gasteiger partial charge on any atom is -0.389 e. The van der Waals surface area contributed by atoms with E-state index in [-0.39, 0.29) is 52.4 Å². The van der Waals surface area contributed by atoms with Crippen LogP contribution in [0.15, 0.2) is 66.0 Å². The molecular formula is C46H57F4N9O5S. The summed E-state index contributed by atoms with van der Waals surface area (Å²) in [5.74, 6) is -0.152. The largest absolute Gasteiger partial charge is 0.419 e. The number of sulfonamides is 1. The number of piperidine rings is 3. The van der Waals surface area contributed by atoms with Crippen LogP contribution in [0.3, 0.4) is 0 Å². The minimum atomic E-state index is -4.81. The molecule has 4 fully saturated rings.